The summed E-state index contributed by atoms with van der Waals surface area (Å²) in [6, 6.07) is 67.3. The third-order valence-electron chi connectivity index (χ3n) is 18.6. The van der Waals surface area contributed by atoms with Crippen molar-refractivity contribution in [3.8, 4) is 0 Å². The number of rotatable bonds is 20. The smallest absolute Gasteiger partial charge is 0.226 e. The summed E-state index contributed by atoms with van der Waals surface area (Å²) in [5.41, 5.74) is 15.5. The number of hydrogen-bond donors (Lipinski definition) is 4. The number of benzene rings is 8. The number of fused-ring (bicyclic) bond motifs is 6. The highest BCUT2D eigenvalue weighted by Crippen LogP contribution is 2.52. The van der Waals surface area contributed by atoms with Crippen LogP contribution in [0.15, 0.2) is 194 Å². The van der Waals surface area contributed by atoms with Crippen molar-refractivity contribution in [3.63, 3.8) is 0 Å². The number of hydrogen-bond acceptors (Lipinski definition) is 14. The fraction of sp³-hybridized carbons (Fsp3) is 0.333. The molecule has 476 valence electrons. The molecule has 10 aromatic rings. The van der Waals surface area contributed by atoms with Gasteiger partial charge in [-0.05, 0) is 141 Å². The van der Waals surface area contributed by atoms with Crippen LogP contribution in [0.3, 0.4) is 0 Å². The molecule has 92 heavy (non-hydrogen) atoms. The van der Waals surface area contributed by atoms with E-state index in [0.717, 1.165) is 74.7 Å². The molecule has 0 amide bonds. The van der Waals surface area contributed by atoms with E-state index in [0.29, 0.717) is 38.6 Å². The lowest BCUT2D eigenvalue weighted by Gasteiger charge is -2.51. The van der Waals surface area contributed by atoms with Crippen molar-refractivity contribution in [3.05, 3.63) is 282 Å². The average molecular weight is 1270 g/mol. The molecule has 0 unspecified atom stereocenters. The van der Waals surface area contributed by atoms with E-state index in [4.69, 9.17) is 37.9 Å². The summed E-state index contributed by atoms with van der Waals surface area (Å²) in [4.78, 5) is 2.54. The van der Waals surface area contributed by atoms with Crippen molar-refractivity contribution in [1.82, 2.24) is 0 Å². The van der Waals surface area contributed by atoms with Crippen molar-refractivity contribution in [2.75, 3.05) is 13.2 Å². The van der Waals surface area contributed by atoms with Gasteiger partial charge in [0, 0.05) is 30.3 Å². The maximum absolute atomic E-state index is 10.9. The van der Waals surface area contributed by atoms with Gasteiger partial charge in [-0.2, -0.15) is 0 Å². The summed E-state index contributed by atoms with van der Waals surface area (Å²) < 4.78 is 56.5. The van der Waals surface area contributed by atoms with Gasteiger partial charge in [0.1, 0.15) is 48.8 Å². The van der Waals surface area contributed by atoms with Crippen LogP contribution < -0.4 is 0 Å². The molecule has 0 aliphatic carbocycles. The first-order valence-corrected chi connectivity index (χ1v) is 33.7. The lowest BCUT2D eigenvalue weighted by molar-refractivity contribution is -0.387. The number of aliphatic hydroxyl groups excluding tert-OH is 4. The molecule has 6 heterocycles. The molecule has 14 heteroatoms. The molecule has 2 fully saturated rings. The van der Waals surface area contributed by atoms with Crippen molar-refractivity contribution in [2.24, 2.45) is 0 Å². The van der Waals surface area contributed by atoms with Crippen LogP contribution in [-0.4, -0.2) is 82.5 Å². The zero-order valence-electron chi connectivity index (χ0n) is 52.5. The Morgan fingerprint density at radius 2 is 0.870 bits per heavy atom. The van der Waals surface area contributed by atoms with Crippen LogP contribution in [0, 0.1) is 13.8 Å². The SMILES string of the molecule is CCc1ccc(Cc2c(C)sc3cc4c(cc23)[C@]2(OC4)O[C@H](CO)[C@@H](O)[C@H](O)[C@H]2O)cc1.CCc1ccc(Cc2c(C)sc3cc4c(cc23)[C@]2(OC4)O[C@H](COCc3ccccc3)[C@@H](OCc3ccccc3)[C@H](OCc3ccccc3)[C@H]2OCc2ccccc2)cc1. The standard InChI is InChI=1S/C53H52O6S.C25H28O6S/c1-3-38-24-26-39(27-25-38)28-45-37(2)60-49-29-44-35-58-53(47(44)30-46(45)49)52(57-34-43-22-14-7-15-23-43)51(56-33-42-20-12-6-13-21-42)50(55-32-41-18-10-5-11-19-41)48(59-53)36-54-31-40-16-8-4-9-17-40;1-3-14-4-6-15(7-5-14)8-17-13(2)32-21-9-16-12-30-25(19(16)10-18(17)21)24(29)23(28)22(27)20(11-26)31-25/h4-27,29-30,48,50-52H,3,28,31-36H2,1-2H3;4-7,9-10,20,22-24,26-29H,3,8,11-12H2,1-2H3/t48-,50-,51+,52-,53+;20-,22-,23+,24-,25+/m11/s1. The second kappa shape index (κ2) is 28.4. The van der Waals surface area contributed by atoms with Gasteiger partial charge in [-0.3, -0.25) is 0 Å². The van der Waals surface area contributed by atoms with Crippen molar-refractivity contribution in [1.29, 1.82) is 0 Å². The largest absolute Gasteiger partial charge is 0.394 e. The number of ether oxygens (including phenoxy) is 8. The van der Waals surface area contributed by atoms with E-state index in [1.165, 1.54) is 53.2 Å². The van der Waals surface area contributed by atoms with Crippen LogP contribution in [0.25, 0.3) is 20.2 Å². The van der Waals surface area contributed by atoms with Gasteiger partial charge in [0.2, 0.25) is 11.6 Å². The topological polar surface area (TPSA) is 155 Å². The zero-order chi connectivity index (χ0) is 63.3. The van der Waals surface area contributed by atoms with Gasteiger partial charge >= 0.3 is 0 Å². The van der Waals surface area contributed by atoms with E-state index in [1.807, 2.05) is 90.2 Å². The minimum absolute atomic E-state index is 0.216. The second-order valence-electron chi connectivity index (χ2n) is 24.6. The van der Waals surface area contributed by atoms with Crippen molar-refractivity contribution < 1.29 is 58.3 Å². The van der Waals surface area contributed by atoms with Gasteiger partial charge in [-0.25, -0.2) is 0 Å². The normalized spacial score (nSPS) is 24.1. The molecule has 8 aromatic carbocycles. The fourth-order valence-electron chi connectivity index (χ4n) is 13.4. The molecule has 4 aliphatic heterocycles. The Morgan fingerprint density at radius 1 is 0.457 bits per heavy atom. The van der Waals surface area contributed by atoms with Crippen molar-refractivity contribution in [2.45, 2.75) is 153 Å². The maximum Gasteiger partial charge on any atom is 0.226 e. The Kier molecular flexibility index (Phi) is 19.8. The Labute approximate surface area is 546 Å². The number of aliphatic hydroxyl groups is 4. The van der Waals surface area contributed by atoms with Gasteiger partial charge in [0.05, 0.1) is 52.9 Å². The minimum atomic E-state index is -1.62. The first-order valence-electron chi connectivity index (χ1n) is 32.1. The van der Waals surface area contributed by atoms with E-state index >= 15 is 0 Å². The van der Waals surface area contributed by atoms with Crippen LogP contribution in [0.1, 0.15) is 101 Å². The molecule has 2 saturated heterocycles. The predicted molar refractivity (Wildman–Crippen MR) is 359 cm³/mol. The van der Waals surface area contributed by atoms with Gasteiger partial charge in [0.15, 0.2) is 0 Å². The molecule has 12 nitrogen and oxygen atoms in total. The van der Waals surface area contributed by atoms with Gasteiger partial charge < -0.3 is 58.3 Å². The van der Waals surface area contributed by atoms with E-state index in [2.05, 4.69) is 143 Å². The summed E-state index contributed by atoms with van der Waals surface area (Å²) >= 11 is 3.57. The zero-order valence-corrected chi connectivity index (χ0v) is 54.1. The molecule has 2 spiro atoms. The molecule has 0 radical (unpaired) electrons. The Balaban J connectivity index is 0.000000202. The second-order valence-corrected chi connectivity index (χ2v) is 27.1. The lowest BCUT2D eigenvalue weighted by atomic mass is 9.86. The van der Waals surface area contributed by atoms with E-state index in [-0.39, 0.29) is 13.2 Å². The molecule has 2 aromatic heterocycles. The molecular weight excluding hydrogens is 1190 g/mol. The summed E-state index contributed by atoms with van der Waals surface area (Å²) in [5, 5.41) is 43.4. The highest BCUT2D eigenvalue weighted by atomic mass is 32.1. The van der Waals surface area contributed by atoms with Gasteiger partial charge in [-0.15, -0.1) is 22.7 Å². The van der Waals surface area contributed by atoms with Crippen molar-refractivity contribution >= 4 is 42.8 Å². The Bertz CT molecular complexity index is 4070. The van der Waals surface area contributed by atoms with Gasteiger partial charge in [0.25, 0.3) is 0 Å². The number of thiophene rings is 2. The van der Waals surface area contributed by atoms with Crippen LogP contribution in [0.4, 0.5) is 0 Å². The predicted octanol–water partition coefficient (Wildman–Crippen LogP) is 13.9. The third-order valence-corrected chi connectivity index (χ3v) is 20.8. The first kappa shape index (κ1) is 63.9. The monoisotopic (exact) mass is 1270 g/mol. The van der Waals surface area contributed by atoms with E-state index in [1.54, 1.807) is 11.3 Å². The average Bonchev–Trinajstić information content (AvgIpc) is 1.50. The molecular formula is C78H80O12S2. The summed E-state index contributed by atoms with van der Waals surface area (Å²) in [6.07, 6.45) is -4.26. The minimum Gasteiger partial charge on any atom is -0.394 e. The molecule has 14 rings (SSSR count). The molecule has 0 saturated carbocycles. The first-order chi connectivity index (χ1) is 44.9. The highest BCUT2D eigenvalue weighted by molar-refractivity contribution is 7.19. The lowest BCUT2D eigenvalue weighted by Crippen LogP contribution is -2.65. The maximum atomic E-state index is 10.9. The summed E-state index contributed by atoms with van der Waals surface area (Å²) in [5.74, 6) is -2.94. The van der Waals surface area contributed by atoms with Gasteiger partial charge in [-0.1, -0.05) is 184 Å². The quantitative estimate of drug-likeness (QED) is 0.0574. The summed E-state index contributed by atoms with van der Waals surface area (Å²) in [7, 11) is 0. The van der Waals surface area contributed by atoms with E-state index < -0.39 is 67.0 Å². The summed E-state index contributed by atoms with van der Waals surface area (Å²) in [6.45, 7) is 10.5. The van der Waals surface area contributed by atoms with Crippen LogP contribution in [0.2, 0.25) is 0 Å². The molecule has 4 N–H and O–H groups in total. The highest BCUT2D eigenvalue weighted by Gasteiger charge is 2.62. The van der Waals surface area contributed by atoms with Crippen LogP contribution in [0.5, 0.6) is 0 Å². The fourth-order valence-corrected chi connectivity index (χ4v) is 15.7. The molecule has 0 bridgehead atoms. The molecule has 4 aliphatic rings. The Morgan fingerprint density at radius 3 is 1.34 bits per heavy atom. The van der Waals surface area contributed by atoms with E-state index in [9.17, 15) is 20.4 Å². The Hall–Kier alpha value is -6.80. The molecule has 10 atom stereocenters. The number of aryl methyl sites for hydroxylation is 4. The third kappa shape index (κ3) is 13.2. The van der Waals surface area contributed by atoms with Crippen LogP contribution in [-0.2, 0) is 115 Å². The van der Waals surface area contributed by atoms with Crippen LogP contribution >= 0.6 is 22.7 Å².